The number of benzene rings is 2. The van der Waals surface area contributed by atoms with Crippen LogP contribution in [0.3, 0.4) is 0 Å². The highest BCUT2D eigenvalue weighted by Gasteiger charge is 2.31. The maximum atomic E-state index is 12.8. The third kappa shape index (κ3) is 5.11. The number of aromatic nitrogens is 4. The monoisotopic (exact) mass is 510 g/mol. The van der Waals surface area contributed by atoms with Gasteiger partial charge in [-0.15, -0.1) is 0 Å². The van der Waals surface area contributed by atoms with Crippen molar-refractivity contribution in [3.8, 4) is 22.8 Å². The number of nitrogen functional groups attached to an aromatic ring is 1. The van der Waals surface area contributed by atoms with Crippen LogP contribution in [0.4, 0.5) is 19.0 Å². The molecule has 1 aliphatic rings. The molecule has 37 heavy (non-hydrogen) atoms. The number of ether oxygens (including phenoxy) is 1. The number of nitrogens with zero attached hydrogens (tertiary/aromatic N) is 5. The minimum Gasteiger partial charge on any atom is -0.457 e. The number of alkyl halides is 3. The molecule has 0 amide bonds. The molecule has 0 aliphatic carbocycles. The number of fused-ring (bicyclic) bond motifs is 1. The number of hydrogen-bond donors (Lipinski definition) is 1. The van der Waals surface area contributed by atoms with Crippen molar-refractivity contribution < 1.29 is 17.9 Å². The average Bonchev–Trinajstić information content (AvgIpc) is 3.25. The standard InChI is InChI=1S/C27H29F3N6O/c1-26(2,3)35-14-12-19(13-15-35)36-25-22(24(31)32-16-33-25)23(34-36)17-4-8-20(9-5-17)37-21-10-6-18(7-11-21)27(28,29)30/h4-11,16,19H,12-15H2,1-3H3,(H2,31,32,33). The topological polar surface area (TPSA) is 82.1 Å². The summed E-state index contributed by atoms with van der Waals surface area (Å²) in [7, 11) is 0. The summed E-state index contributed by atoms with van der Waals surface area (Å²) < 4.78 is 46.1. The van der Waals surface area contributed by atoms with Crippen LogP contribution in [0.15, 0.2) is 54.9 Å². The second-order valence-corrected chi connectivity index (χ2v) is 10.3. The lowest BCUT2D eigenvalue weighted by Gasteiger charge is -2.40. The highest BCUT2D eigenvalue weighted by molar-refractivity contribution is 5.98. The first kappa shape index (κ1) is 25.0. The molecule has 2 N–H and O–H groups in total. The Morgan fingerprint density at radius 2 is 1.49 bits per heavy atom. The molecule has 0 saturated carbocycles. The lowest BCUT2D eigenvalue weighted by Crippen LogP contribution is -2.46. The Morgan fingerprint density at radius 3 is 2.05 bits per heavy atom. The first-order valence-corrected chi connectivity index (χ1v) is 12.2. The summed E-state index contributed by atoms with van der Waals surface area (Å²) in [6.45, 7) is 8.64. The van der Waals surface area contributed by atoms with E-state index in [-0.39, 0.29) is 11.6 Å². The number of hydrogen-bond acceptors (Lipinski definition) is 6. The van der Waals surface area contributed by atoms with E-state index < -0.39 is 11.7 Å². The first-order chi connectivity index (χ1) is 17.5. The largest absolute Gasteiger partial charge is 0.457 e. The molecule has 0 radical (unpaired) electrons. The molecule has 0 atom stereocenters. The van der Waals surface area contributed by atoms with Gasteiger partial charge in [-0.25, -0.2) is 14.6 Å². The number of nitrogens with two attached hydrogens (primary N) is 1. The molecule has 1 aliphatic heterocycles. The van der Waals surface area contributed by atoms with E-state index in [1.807, 2.05) is 16.8 Å². The zero-order valence-corrected chi connectivity index (χ0v) is 21.0. The van der Waals surface area contributed by atoms with Crippen molar-refractivity contribution in [2.45, 2.75) is 51.4 Å². The van der Waals surface area contributed by atoms with Crippen LogP contribution in [0, 0.1) is 0 Å². The van der Waals surface area contributed by atoms with Gasteiger partial charge in [-0.05, 0) is 82.1 Å². The molecular formula is C27H29F3N6O. The van der Waals surface area contributed by atoms with Crippen LogP contribution in [-0.4, -0.2) is 43.3 Å². The maximum Gasteiger partial charge on any atom is 0.416 e. The van der Waals surface area contributed by atoms with E-state index >= 15 is 0 Å². The van der Waals surface area contributed by atoms with Crippen molar-refractivity contribution in [1.82, 2.24) is 24.6 Å². The average molecular weight is 511 g/mol. The Labute approximate surface area is 213 Å². The predicted molar refractivity (Wildman–Crippen MR) is 136 cm³/mol. The number of piperidine rings is 1. The van der Waals surface area contributed by atoms with Crippen LogP contribution < -0.4 is 10.5 Å². The fourth-order valence-electron chi connectivity index (χ4n) is 4.76. The minimum absolute atomic E-state index is 0.124. The molecule has 1 saturated heterocycles. The number of halogens is 3. The van der Waals surface area contributed by atoms with Crippen molar-refractivity contribution in [2.75, 3.05) is 18.8 Å². The molecule has 2 aromatic carbocycles. The van der Waals surface area contributed by atoms with Gasteiger partial charge < -0.3 is 10.5 Å². The zero-order chi connectivity index (χ0) is 26.4. The molecule has 0 spiro atoms. The molecule has 3 heterocycles. The summed E-state index contributed by atoms with van der Waals surface area (Å²) >= 11 is 0. The van der Waals surface area contributed by atoms with E-state index in [9.17, 15) is 13.2 Å². The van der Waals surface area contributed by atoms with Crippen molar-refractivity contribution >= 4 is 16.9 Å². The molecule has 0 unspecified atom stereocenters. The molecule has 10 heteroatoms. The molecule has 194 valence electrons. The van der Waals surface area contributed by atoms with Crippen LogP contribution in [0.25, 0.3) is 22.3 Å². The van der Waals surface area contributed by atoms with Gasteiger partial charge in [0.25, 0.3) is 0 Å². The van der Waals surface area contributed by atoms with E-state index in [2.05, 4.69) is 35.6 Å². The second kappa shape index (κ2) is 9.33. The van der Waals surface area contributed by atoms with Gasteiger partial charge in [-0.2, -0.15) is 18.3 Å². The van der Waals surface area contributed by atoms with E-state index in [4.69, 9.17) is 15.6 Å². The van der Waals surface area contributed by atoms with E-state index in [0.29, 0.717) is 34.0 Å². The summed E-state index contributed by atoms with van der Waals surface area (Å²) in [6, 6.07) is 12.0. The Bertz CT molecular complexity index is 1380. The van der Waals surface area contributed by atoms with Crippen molar-refractivity contribution in [2.24, 2.45) is 0 Å². The van der Waals surface area contributed by atoms with Gasteiger partial charge >= 0.3 is 6.18 Å². The predicted octanol–water partition coefficient (Wildman–Crippen LogP) is 6.32. The van der Waals surface area contributed by atoms with Gasteiger partial charge in [0.2, 0.25) is 0 Å². The first-order valence-electron chi connectivity index (χ1n) is 12.2. The molecular weight excluding hydrogens is 481 g/mol. The second-order valence-electron chi connectivity index (χ2n) is 10.3. The van der Waals surface area contributed by atoms with Gasteiger partial charge in [0.15, 0.2) is 5.65 Å². The Morgan fingerprint density at radius 1 is 0.892 bits per heavy atom. The maximum absolute atomic E-state index is 12.8. The highest BCUT2D eigenvalue weighted by Crippen LogP contribution is 2.36. The van der Waals surface area contributed by atoms with Crippen LogP contribution >= 0.6 is 0 Å². The summed E-state index contributed by atoms with van der Waals surface area (Å²) in [6.07, 6.45) is -1.01. The van der Waals surface area contributed by atoms with Gasteiger partial charge in [0, 0.05) is 24.2 Å². The summed E-state index contributed by atoms with van der Waals surface area (Å²) in [4.78, 5) is 11.2. The van der Waals surface area contributed by atoms with Crippen molar-refractivity contribution in [3.63, 3.8) is 0 Å². The third-order valence-corrected chi connectivity index (χ3v) is 6.82. The van der Waals surface area contributed by atoms with Crippen LogP contribution in [0.2, 0.25) is 0 Å². The normalized spacial score (nSPS) is 15.8. The van der Waals surface area contributed by atoms with Gasteiger partial charge in [-0.3, -0.25) is 4.90 Å². The smallest absolute Gasteiger partial charge is 0.416 e. The van der Waals surface area contributed by atoms with Gasteiger partial charge in [-0.1, -0.05) is 0 Å². The zero-order valence-electron chi connectivity index (χ0n) is 21.0. The molecule has 5 rings (SSSR count). The molecule has 7 nitrogen and oxygen atoms in total. The Hall–Kier alpha value is -3.66. The lowest BCUT2D eigenvalue weighted by atomic mass is 9.98. The quantitative estimate of drug-likeness (QED) is 0.346. The number of likely N-dealkylation sites (tertiary alicyclic amines) is 1. The molecule has 1 fully saturated rings. The summed E-state index contributed by atoms with van der Waals surface area (Å²) in [5, 5.41) is 5.65. The Balaban J connectivity index is 1.40. The number of anilines is 1. The van der Waals surface area contributed by atoms with E-state index in [1.165, 1.54) is 18.5 Å². The van der Waals surface area contributed by atoms with Gasteiger partial charge in [0.05, 0.1) is 17.0 Å². The van der Waals surface area contributed by atoms with Crippen LogP contribution in [-0.2, 0) is 6.18 Å². The number of rotatable bonds is 4. The fraction of sp³-hybridized carbons (Fsp3) is 0.370. The van der Waals surface area contributed by atoms with Crippen LogP contribution in [0.5, 0.6) is 11.5 Å². The third-order valence-electron chi connectivity index (χ3n) is 6.82. The van der Waals surface area contributed by atoms with E-state index in [1.54, 1.807) is 12.1 Å². The lowest BCUT2D eigenvalue weighted by molar-refractivity contribution is -0.137. The Kier molecular flexibility index (Phi) is 6.31. The fourth-order valence-corrected chi connectivity index (χ4v) is 4.76. The van der Waals surface area contributed by atoms with E-state index in [0.717, 1.165) is 43.6 Å². The van der Waals surface area contributed by atoms with Crippen LogP contribution in [0.1, 0.15) is 45.2 Å². The summed E-state index contributed by atoms with van der Waals surface area (Å²) in [5.74, 6) is 1.17. The van der Waals surface area contributed by atoms with Crippen molar-refractivity contribution in [3.05, 3.63) is 60.4 Å². The summed E-state index contributed by atoms with van der Waals surface area (Å²) in [5.41, 5.74) is 7.89. The highest BCUT2D eigenvalue weighted by atomic mass is 19.4. The molecule has 0 bridgehead atoms. The molecule has 2 aromatic heterocycles. The molecule has 4 aromatic rings. The minimum atomic E-state index is -4.39. The van der Waals surface area contributed by atoms with Gasteiger partial charge in [0.1, 0.15) is 29.3 Å². The van der Waals surface area contributed by atoms with Crippen molar-refractivity contribution in [1.29, 1.82) is 0 Å². The SMILES string of the molecule is CC(C)(C)N1CCC(n2nc(-c3ccc(Oc4ccc(C(F)(F)F)cc4)cc3)c3c(N)ncnc32)CC1.